The minimum atomic E-state index is 0.572. The van der Waals surface area contributed by atoms with E-state index in [-0.39, 0.29) is 0 Å². The fraction of sp³-hybridized carbons (Fsp3) is 0. The third kappa shape index (κ3) is 3.45. The maximum atomic E-state index is 6.34. The van der Waals surface area contributed by atoms with E-state index in [4.69, 9.17) is 23.8 Å². The molecule has 0 N–H and O–H groups in total. The van der Waals surface area contributed by atoms with E-state index in [2.05, 4.69) is 23.2 Å². The number of furan rings is 2. The summed E-state index contributed by atoms with van der Waals surface area (Å²) in [5, 5.41) is 6.08. The molecule has 0 radical (unpaired) electrons. The Hall–Kier alpha value is -5.88. The van der Waals surface area contributed by atoms with Gasteiger partial charge in [0.25, 0.3) is 0 Å². The average Bonchev–Trinajstić information content (AvgIpc) is 3.61. The molecule has 0 amide bonds. The number of fused-ring (bicyclic) bond motifs is 7. The Bertz CT molecular complexity index is 2480. The molecule has 0 saturated carbocycles. The van der Waals surface area contributed by atoms with E-state index in [9.17, 15) is 0 Å². The van der Waals surface area contributed by atoms with Gasteiger partial charge in [0.2, 0.25) is 0 Å². The van der Waals surface area contributed by atoms with Gasteiger partial charge in [-0.3, -0.25) is 4.98 Å². The summed E-state index contributed by atoms with van der Waals surface area (Å²) in [5.74, 6) is 1.75. The van der Waals surface area contributed by atoms with Crippen LogP contribution in [0.25, 0.3) is 88.8 Å². The van der Waals surface area contributed by atoms with E-state index in [0.29, 0.717) is 17.5 Å². The van der Waals surface area contributed by atoms with Gasteiger partial charge in [-0.1, -0.05) is 72.8 Å². The third-order valence-corrected chi connectivity index (χ3v) is 7.81. The summed E-state index contributed by atoms with van der Waals surface area (Å²) in [6.07, 6.45) is 3.67. The molecule has 0 saturated heterocycles. The monoisotopic (exact) mass is 540 g/mol. The van der Waals surface area contributed by atoms with Crippen molar-refractivity contribution in [3.05, 3.63) is 122 Å². The van der Waals surface area contributed by atoms with Gasteiger partial charge < -0.3 is 8.83 Å². The number of nitrogens with zero attached hydrogens (tertiary/aromatic N) is 4. The van der Waals surface area contributed by atoms with Gasteiger partial charge in [-0.25, -0.2) is 15.0 Å². The number of pyridine rings is 1. The normalized spacial score (nSPS) is 11.8. The molecule has 0 spiro atoms. The molecule has 6 nitrogen and oxygen atoms in total. The first kappa shape index (κ1) is 22.9. The van der Waals surface area contributed by atoms with Crippen molar-refractivity contribution in [1.82, 2.24) is 19.9 Å². The van der Waals surface area contributed by atoms with Gasteiger partial charge in [0.1, 0.15) is 22.3 Å². The van der Waals surface area contributed by atoms with Gasteiger partial charge in [0.05, 0.1) is 0 Å². The molecule has 5 aromatic carbocycles. The second kappa shape index (κ2) is 8.81. The summed E-state index contributed by atoms with van der Waals surface area (Å²) in [6.45, 7) is 0. The fourth-order valence-electron chi connectivity index (χ4n) is 5.89. The van der Waals surface area contributed by atoms with Gasteiger partial charge in [-0.2, -0.15) is 0 Å². The minimum absolute atomic E-state index is 0.572. The van der Waals surface area contributed by atoms with Crippen LogP contribution in [0.1, 0.15) is 0 Å². The van der Waals surface area contributed by atoms with Crippen LogP contribution < -0.4 is 0 Å². The lowest BCUT2D eigenvalue weighted by atomic mass is 10.0. The SMILES string of the molecule is c1ccc(-c2nc(-c3cccc4oc5ccccc5c34)nc(-c3cccc4oc5cc6ccncc6cc5c34)n2)cc1. The molecule has 9 rings (SSSR count). The zero-order valence-corrected chi connectivity index (χ0v) is 22.2. The average molecular weight is 541 g/mol. The lowest BCUT2D eigenvalue weighted by molar-refractivity contribution is 0.669. The van der Waals surface area contributed by atoms with Crippen molar-refractivity contribution in [3.63, 3.8) is 0 Å². The quantitative estimate of drug-likeness (QED) is 0.222. The lowest BCUT2D eigenvalue weighted by Crippen LogP contribution is -2.00. The fourth-order valence-corrected chi connectivity index (χ4v) is 5.89. The van der Waals surface area contributed by atoms with Gasteiger partial charge in [0, 0.05) is 56.0 Å². The highest BCUT2D eigenvalue weighted by atomic mass is 16.3. The van der Waals surface area contributed by atoms with Crippen LogP contribution >= 0.6 is 0 Å². The summed E-state index contributed by atoms with van der Waals surface area (Å²) >= 11 is 0. The molecule has 0 bridgehead atoms. The standard InChI is InChI=1S/C36H20N4O2/c1-2-8-21(9-3-1)34-38-35(25-11-6-14-29-32(25)24-10-4-5-13-28(24)41-29)40-36(39-34)26-12-7-15-30-33(26)27-18-23-20-37-17-16-22(23)19-31(27)42-30/h1-20H. The van der Waals surface area contributed by atoms with Crippen molar-refractivity contribution >= 4 is 54.6 Å². The Morgan fingerprint density at radius 1 is 0.452 bits per heavy atom. The number of hydrogen-bond acceptors (Lipinski definition) is 6. The molecule has 0 aliphatic carbocycles. The summed E-state index contributed by atoms with van der Waals surface area (Å²) in [5.41, 5.74) is 5.88. The van der Waals surface area contributed by atoms with Crippen molar-refractivity contribution in [1.29, 1.82) is 0 Å². The van der Waals surface area contributed by atoms with E-state index >= 15 is 0 Å². The molecular weight excluding hydrogens is 520 g/mol. The Morgan fingerprint density at radius 2 is 1.10 bits per heavy atom. The number of benzene rings is 5. The predicted octanol–water partition coefficient (Wildman–Crippen LogP) is 9.22. The molecule has 0 unspecified atom stereocenters. The van der Waals surface area contributed by atoms with Gasteiger partial charge >= 0.3 is 0 Å². The largest absolute Gasteiger partial charge is 0.456 e. The zero-order chi connectivity index (χ0) is 27.6. The predicted molar refractivity (Wildman–Crippen MR) is 166 cm³/mol. The molecule has 0 fully saturated rings. The molecule has 42 heavy (non-hydrogen) atoms. The zero-order valence-electron chi connectivity index (χ0n) is 22.2. The molecule has 6 heteroatoms. The van der Waals surface area contributed by atoms with Crippen LogP contribution in [0.5, 0.6) is 0 Å². The van der Waals surface area contributed by atoms with Crippen molar-refractivity contribution in [2.75, 3.05) is 0 Å². The highest BCUT2D eigenvalue weighted by Gasteiger charge is 2.20. The third-order valence-electron chi connectivity index (χ3n) is 7.81. The molecule has 0 aliphatic heterocycles. The first-order valence-corrected chi connectivity index (χ1v) is 13.7. The van der Waals surface area contributed by atoms with Crippen LogP contribution in [0.15, 0.2) is 130 Å². The van der Waals surface area contributed by atoms with Crippen LogP contribution in [-0.4, -0.2) is 19.9 Å². The van der Waals surface area contributed by atoms with E-state index in [0.717, 1.165) is 71.3 Å². The highest BCUT2D eigenvalue weighted by molar-refractivity contribution is 6.15. The second-order valence-electron chi connectivity index (χ2n) is 10.3. The van der Waals surface area contributed by atoms with E-state index in [1.54, 1.807) is 6.20 Å². The van der Waals surface area contributed by atoms with Crippen molar-refractivity contribution in [2.45, 2.75) is 0 Å². The second-order valence-corrected chi connectivity index (χ2v) is 10.3. The summed E-state index contributed by atoms with van der Waals surface area (Å²) in [6, 6.07) is 36.3. The Balaban J connectivity index is 1.36. The smallest absolute Gasteiger partial charge is 0.164 e. The number of rotatable bonds is 3. The Kier molecular flexibility index (Phi) is 4.80. The van der Waals surface area contributed by atoms with Gasteiger partial charge in [-0.05, 0) is 41.8 Å². The van der Waals surface area contributed by atoms with Crippen LogP contribution in [-0.2, 0) is 0 Å². The first-order chi connectivity index (χ1) is 20.8. The maximum Gasteiger partial charge on any atom is 0.164 e. The van der Waals surface area contributed by atoms with Crippen molar-refractivity contribution in [3.8, 4) is 34.2 Å². The summed E-state index contributed by atoms with van der Waals surface area (Å²) in [4.78, 5) is 19.5. The van der Waals surface area contributed by atoms with Crippen LogP contribution in [0.2, 0.25) is 0 Å². The summed E-state index contributed by atoms with van der Waals surface area (Å²) < 4.78 is 12.5. The molecular formula is C36H20N4O2. The molecule has 0 aliphatic rings. The molecule has 4 heterocycles. The van der Waals surface area contributed by atoms with Crippen molar-refractivity contribution < 1.29 is 8.83 Å². The highest BCUT2D eigenvalue weighted by Crippen LogP contribution is 2.40. The Morgan fingerprint density at radius 3 is 1.88 bits per heavy atom. The summed E-state index contributed by atoms with van der Waals surface area (Å²) in [7, 11) is 0. The first-order valence-electron chi connectivity index (χ1n) is 13.7. The van der Waals surface area contributed by atoms with Crippen LogP contribution in [0.4, 0.5) is 0 Å². The molecule has 9 aromatic rings. The molecule has 0 atom stereocenters. The lowest BCUT2D eigenvalue weighted by Gasteiger charge is -2.10. The van der Waals surface area contributed by atoms with Gasteiger partial charge in [0.15, 0.2) is 17.5 Å². The number of aromatic nitrogens is 4. The topological polar surface area (TPSA) is 77.8 Å². The number of para-hydroxylation sites is 1. The molecule has 196 valence electrons. The van der Waals surface area contributed by atoms with Crippen molar-refractivity contribution in [2.24, 2.45) is 0 Å². The molecule has 4 aromatic heterocycles. The Labute approximate surface area is 238 Å². The number of hydrogen-bond donors (Lipinski definition) is 0. The van der Waals surface area contributed by atoms with Crippen LogP contribution in [0, 0.1) is 0 Å². The van der Waals surface area contributed by atoms with E-state index in [1.165, 1.54) is 0 Å². The van der Waals surface area contributed by atoms with E-state index in [1.807, 2.05) is 97.2 Å². The van der Waals surface area contributed by atoms with Gasteiger partial charge in [-0.15, -0.1) is 0 Å². The van der Waals surface area contributed by atoms with E-state index < -0.39 is 0 Å². The minimum Gasteiger partial charge on any atom is -0.456 e. The maximum absolute atomic E-state index is 6.34. The van der Waals surface area contributed by atoms with Crippen LogP contribution in [0.3, 0.4) is 0 Å².